The third-order valence-corrected chi connectivity index (χ3v) is 3.17. The van der Waals surface area contributed by atoms with Crippen molar-refractivity contribution in [2.75, 3.05) is 19.0 Å². The molecule has 1 N–H and O–H groups in total. The number of hydrogen-bond acceptors (Lipinski definition) is 5. The van der Waals surface area contributed by atoms with Gasteiger partial charge in [-0.2, -0.15) is 0 Å². The number of pyridine rings is 1. The summed E-state index contributed by atoms with van der Waals surface area (Å²) in [7, 11) is 1.65. The fourth-order valence-corrected chi connectivity index (χ4v) is 2.11. The number of nitro benzene ring substituents is 1. The summed E-state index contributed by atoms with van der Waals surface area (Å²) < 4.78 is 5.15. The number of non-ortho nitro benzene ring substituents is 1. The van der Waals surface area contributed by atoms with Gasteiger partial charge in [0, 0.05) is 36.5 Å². The Morgan fingerprint density at radius 3 is 2.90 bits per heavy atom. The molecule has 2 aromatic rings. The molecule has 106 valence electrons. The first-order valence-electron chi connectivity index (χ1n) is 6.45. The largest absolute Gasteiger partial charge is 0.383 e. The molecule has 1 aromatic carbocycles. The van der Waals surface area contributed by atoms with E-state index in [2.05, 4.69) is 17.2 Å². The van der Waals surface area contributed by atoms with Crippen LogP contribution in [0, 0.1) is 10.1 Å². The summed E-state index contributed by atoms with van der Waals surface area (Å²) in [5.41, 5.74) is 1.25. The third kappa shape index (κ3) is 2.85. The Balaban J connectivity index is 2.45. The summed E-state index contributed by atoms with van der Waals surface area (Å²) >= 11 is 0. The van der Waals surface area contributed by atoms with E-state index < -0.39 is 4.92 Å². The Bertz CT molecular complexity index is 616. The predicted octanol–water partition coefficient (Wildman–Crippen LogP) is 2.98. The number of anilines is 1. The van der Waals surface area contributed by atoms with Crippen LogP contribution in [0.3, 0.4) is 0 Å². The van der Waals surface area contributed by atoms with Crippen LogP contribution in [0.5, 0.6) is 0 Å². The minimum Gasteiger partial charge on any atom is -0.383 e. The van der Waals surface area contributed by atoms with Gasteiger partial charge in [-0.05, 0) is 24.6 Å². The van der Waals surface area contributed by atoms with Crippen LogP contribution in [0.1, 0.15) is 13.3 Å². The molecule has 1 aromatic heterocycles. The van der Waals surface area contributed by atoms with Crippen LogP contribution in [-0.2, 0) is 4.74 Å². The predicted molar refractivity (Wildman–Crippen MR) is 78.0 cm³/mol. The van der Waals surface area contributed by atoms with Crippen molar-refractivity contribution in [2.24, 2.45) is 0 Å². The Kier molecular flexibility index (Phi) is 4.47. The highest BCUT2D eigenvalue weighted by atomic mass is 16.6. The van der Waals surface area contributed by atoms with Gasteiger partial charge < -0.3 is 10.1 Å². The van der Waals surface area contributed by atoms with Crippen molar-refractivity contribution in [2.45, 2.75) is 19.4 Å². The first-order chi connectivity index (χ1) is 9.67. The van der Waals surface area contributed by atoms with Crippen molar-refractivity contribution >= 4 is 22.3 Å². The molecular formula is C14H17N3O3. The van der Waals surface area contributed by atoms with E-state index in [4.69, 9.17) is 4.74 Å². The van der Waals surface area contributed by atoms with Crippen LogP contribution in [0.15, 0.2) is 30.5 Å². The van der Waals surface area contributed by atoms with E-state index in [1.807, 2.05) is 6.07 Å². The van der Waals surface area contributed by atoms with Gasteiger partial charge in [-0.15, -0.1) is 0 Å². The molecule has 0 spiro atoms. The third-order valence-electron chi connectivity index (χ3n) is 3.17. The number of nitrogens with one attached hydrogen (secondary N) is 1. The molecule has 0 radical (unpaired) electrons. The van der Waals surface area contributed by atoms with Gasteiger partial charge in [0.15, 0.2) is 0 Å². The van der Waals surface area contributed by atoms with Crippen molar-refractivity contribution in [1.82, 2.24) is 4.98 Å². The van der Waals surface area contributed by atoms with Gasteiger partial charge >= 0.3 is 0 Å². The lowest BCUT2D eigenvalue weighted by Crippen LogP contribution is -2.24. The molecule has 0 bridgehead atoms. The van der Waals surface area contributed by atoms with Crippen LogP contribution in [0.4, 0.5) is 11.4 Å². The van der Waals surface area contributed by atoms with Crippen molar-refractivity contribution in [3.8, 4) is 0 Å². The van der Waals surface area contributed by atoms with Gasteiger partial charge in [-0.25, -0.2) is 4.98 Å². The quantitative estimate of drug-likeness (QED) is 0.647. The number of fused-ring (bicyclic) bond motifs is 1. The highest BCUT2D eigenvalue weighted by Crippen LogP contribution is 2.30. The van der Waals surface area contributed by atoms with Crippen molar-refractivity contribution in [3.05, 3.63) is 40.6 Å². The van der Waals surface area contributed by atoms with E-state index in [9.17, 15) is 10.1 Å². The average molecular weight is 275 g/mol. The highest BCUT2D eigenvalue weighted by molar-refractivity contribution is 5.96. The number of hydrogen-bond donors (Lipinski definition) is 1. The molecule has 6 heteroatoms. The lowest BCUT2D eigenvalue weighted by molar-refractivity contribution is -0.383. The topological polar surface area (TPSA) is 77.3 Å². The number of ether oxygens (including phenoxy) is 1. The molecule has 0 aliphatic heterocycles. The number of methoxy groups -OCH3 is 1. The maximum atomic E-state index is 11.0. The van der Waals surface area contributed by atoms with Crippen LogP contribution < -0.4 is 5.32 Å². The molecule has 1 unspecified atom stereocenters. The average Bonchev–Trinajstić information content (AvgIpc) is 2.46. The molecule has 0 saturated carbocycles. The first kappa shape index (κ1) is 14.2. The zero-order valence-electron chi connectivity index (χ0n) is 11.5. The summed E-state index contributed by atoms with van der Waals surface area (Å²) in [6.45, 7) is 2.64. The summed E-state index contributed by atoms with van der Waals surface area (Å²) in [6, 6.07) is 6.97. The van der Waals surface area contributed by atoms with Crippen molar-refractivity contribution < 1.29 is 9.66 Å². The van der Waals surface area contributed by atoms with Crippen LogP contribution in [0.2, 0.25) is 0 Å². The van der Waals surface area contributed by atoms with Gasteiger partial charge in [0.25, 0.3) is 5.69 Å². The van der Waals surface area contributed by atoms with Crippen LogP contribution >= 0.6 is 0 Å². The summed E-state index contributed by atoms with van der Waals surface area (Å²) in [4.78, 5) is 14.8. The van der Waals surface area contributed by atoms with Gasteiger partial charge in [0.2, 0.25) is 0 Å². The molecule has 6 nitrogen and oxygen atoms in total. The van der Waals surface area contributed by atoms with E-state index in [0.29, 0.717) is 12.1 Å². The van der Waals surface area contributed by atoms with Crippen LogP contribution in [0.25, 0.3) is 10.9 Å². The Morgan fingerprint density at radius 2 is 2.25 bits per heavy atom. The molecule has 20 heavy (non-hydrogen) atoms. The van der Waals surface area contributed by atoms with Gasteiger partial charge in [0.1, 0.15) is 5.52 Å². The molecule has 1 atom stereocenters. The summed E-state index contributed by atoms with van der Waals surface area (Å²) in [5.74, 6) is 0. The smallest absolute Gasteiger partial charge is 0.295 e. The van der Waals surface area contributed by atoms with Gasteiger partial charge in [-0.1, -0.05) is 6.92 Å². The second kappa shape index (κ2) is 6.29. The van der Waals surface area contributed by atoms with E-state index >= 15 is 0 Å². The van der Waals surface area contributed by atoms with E-state index in [0.717, 1.165) is 17.5 Å². The molecule has 0 amide bonds. The number of nitrogens with zero attached hydrogens (tertiary/aromatic N) is 2. The Hall–Kier alpha value is -2.21. The highest BCUT2D eigenvalue weighted by Gasteiger charge is 2.16. The van der Waals surface area contributed by atoms with E-state index in [-0.39, 0.29) is 11.7 Å². The molecule has 0 aliphatic carbocycles. The SMILES string of the molecule is CCC(COC)Nc1ccc([N+](=O)[O-])c2ncccc12. The minimum absolute atomic E-state index is 0.0194. The van der Waals surface area contributed by atoms with Crippen LogP contribution in [-0.4, -0.2) is 29.7 Å². The zero-order chi connectivity index (χ0) is 14.5. The maximum Gasteiger partial charge on any atom is 0.295 e. The minimum atomic E-state index is -0.411. The van der Waals surface area contributed by atoms with Crippen molar-refractivity contribution in [3.63, 3.8) is 0 Å². The van der Waals surface area contributed by atoms with E-state index in [1.165, 1.54) is 6.07 Å². The number of benzene rings is 1. The molecule has 0 aliphatic rings. The molecule has 0 saturated heterocycles. The van der Waals surface area contributed by atoms with Gasteiger partial charge in [0.05, 0.1) is 11.5 Å². The Labute approximate surface area is 116 Å². The first-order valence-corrected chi connectivity index (χ1v) is 6.45. The monoisotopic (exact) mass is 275 g/mol. The standard InChI is InChI=1S/C14H17N3O3/c1-3-10(9-20-2)16-12-6-7-13(17(18)19)14-11(12)5-4-8-15-14/h4-8,10,16H,3,9H2,1-2H3. The molecular weight excluding hydrogens is 258 g/mol. The summed E-state index contributed by atoms with van der Waals surface area (Å²) in [6.07, 6.45) is 2.46. The lowest BCUT2D eigenvalue weighted by Gasteiger charge is -2.18. The number of aromatic nitrogens is 1. The van der Waals surface area contributed by atoms with Crippen molar-refractivity contribution in [1.29, 1.82) is 0 Å². The summed E-state index contributed by atoms with van der Waals surface area (Å²) in [5, 5.41) is 15.1. The molecule has 2 rings (SSSR count). The van der Waals surface area contributed by atoms with Gasteiger partial charge in [-0.3, -0.25) is 10.1 Å². The lowest BCUT2D eigenvalue weighted by atomic mass is 10.1. The van der Waals surface area contributed by atoms with E-state index in [1.54, 1.807) is 25.4 Å². The normalized spacial score (nSPS) is 12.3. The fourth-order valence-electron chi connectivity index (χ4n) is 2.11. The molecule has 0 fully saturated rings. The fraction of sp³-hybridized carbons (Fsp3) is 0.357. The number of nitro groups is 1. The second-order valence-corrected chi connectivity index (χ2v) is 4.49. The molecule has 1 heterocycles. The maximum absolute atomic E-state index is 11.0. The second-order valence-electron chi connectivity index (χ2n) is 4.49. The Morgan fingerprint density at radius 1 is 1.45 bits per heavy atom. The zero-order valence-corrected chi connectivity index (χ0v) is 11.5. The number of rotatable bonds is 6.